The fourth-order valence-electron chi connectivity index (χ4n) is 1.91. The quantitative estimate of drug-likeness (QED) is 0.860. The monoisotopic (exact) mass is 282 g/mol. The van der Waals surface area contributed by atoms with Crippen molar-refractivity contribution in [3.8, 4) is 0 Å². The van der Waals surface area contributed by atoms with Crippen molar-refractivity contribution in [2.24, 2.45) is 0 Å². The molecule has 2 N–H and O–H groups in total. The Balaban J connectivity index is 1.96. The van der Waals surface area contributed by atoms with Crippen LogP contribution in [0.3, 0.4) is 0 Å². The predicted octanol–water partition coefficient (Wildman–Crippen LogP) is 0.821. The van der Waals surface area contributed by atoms with Crippen molar-refractivity contribution < 1.29 is 23.8 Å². The Bertz CT molecular complexity index is 509. The number of amides is 2. The van der Waals surface area contributed by atoms with Crippen LogP contribution in [0.5, 0.6) is 0 Å². The lowest BCUT2D eigenvalue weighted by Gasteiger charge is -2.20. The van der Waals surface area contributed by atoms with Gasteiger partial charge in [0.25, 0.3) is 0 Å². The fraction of sp³-hybridized carbons (Fsp3) is 0.385. The zero-order chi connectivity index (χ0) is 14.5. The highest BCUT2D eigenvalue weighted by Gasteiger charge is 2.25. The lowest BCUT2D eigenvalue weighted by molar-refractivity contribution is -0.121. The molecule has 0 saturated carbocycles. The molecule has 1 aromatic rings. The standard InChI is InChI=1S/C13H15FN2O4/c14-11-4-2-1-3-9(11)8-20-10-5-15-12(17)7-16(6-10)13(18)19/h1-4,10H,5-8H2,(H,15,17)(H,18,19). The molecule has 7 heteroatoms. The number of carbonyl (C=O) groups is 2. The molecular formula is C13H15FN2O4. The van der Waals surface area contributed by atoms with E-state index in [1.807, 2.05) is 0 Å². The highest BCUT2D eigenvalue weighted by molar-refractivity contribution is 5.82. The van der Waals surface area contributed by atoms with Gasteiger partial charge in [-0.25, -0.2) is 9.18 Å². The zero-order valence-electron chi connectivity index (χ0n) is 10.7. The number of carboxylic acid groups (broad SMARTS) is 1. The van der Waals surface area contributed by atoms with Crippen LogP contribution >= 0.6 is 0 Å². The minimum Gasteiger partial charge on any atom is -0.465 e. The molecule has 0 bridgehead atoms. The number of carbonyl (C=O) groups excluding carboxylic acids is 1. The average Bonchev–Trinajstić information content (AvgIpc) is 2.60. The van der Waals surface area contributed by atoms with Crippen molar-refractivity contribution in [2.75, 3.05) is 19.6 Å². The molecule has 0 aromatic heterocycles. The highest BCUT2D eigenvalue weighted by Crippen LogP contribution is 2.10. The van der Waals surface area contributed by atoms with E-state index in [2.05, 4.69) is 5.32 Å². The van der Waals surface area contributed by atoms with E-state index in [4.69, 9.17) is 9.84 Å². The molecule has 6 nitrogen and oxygen atoms in total. The van der Waals surface area contributed by atoms with Crippen molar-refractivity contribution in [1.29, 1.82) is 0 Å². The van der Waals surface area contributed by atoms with E-state index >= 15 is 0 Å². The van der Waals surface area contributed by atoms with Crippen LogP contribution in [0, 0.1) is 5.82 Å². The minimum absolute atomic E-state index is 0.0284. The second-order valence-corrected chi connectivity index (χ2v) is 4.49. The first-order chi connectivity index (χ1) is 9.56. The van der Waals surface area contributed by atoms with Crippen LogP contribution in [-0.2, 0) is 16.1 Å². The second-order valence-electron chi connectivity index (χ2n) is 4.49. The molecule has 1 aromatic carbocycles. The van der Waals surface area contributed by atoms with Gasteiger partial charge in [-0.05, 0) is 6.07 Å². The summed E-state index contributed by atoms with van der Waals surface area (Å²) in [6.07, 6.45) is -1.68. The second kappa shape index (κ2) is 6.33. The third kappa shape index (κ3) is 3.67. The molecule has 1 unspecified atom stereocenters. The van der Waals surface area contributed by atoms with Gasteiger partial charge in [-0.3, -0.25) is 9.69 Å². The summed E-state index contributed by atoms with van der Waals surface area (Å²) in [4.78, 5) is 23.3. The van der Waals surface area contributed by atoms with E-state index in [0.29, 0.717) is 5.56 Å². The summed E-state index contributed by atoms with van der Waals surface area (Å²) in [6, 6.07) is 6.20. The van der Waals surface area contributed by atoms with E-state index in [0.717, 1.165) is 4.90 Å². The zero-order valence-corrected chi connectivity index (χ0v) is 10.7. The molecule has 0 aliphatic carbocycles. The van der Waals surface area contributed by atoms with Gasteiger partial charge in [0.15, 0.2) is 0 Å². The Morgan fingerprint density at radius 3 is 2.95 bits per heavy atom. The van der Waals surface area contributed by atoms with Gasteiger partial charge in [-0.15, -0.1) is 0 Å². The molecular weight excluding hydrogens is 267 g/mol. The number of nitrogens with zero attached hydrogens (tertiary/aromatic N) is 1. The fourth-order valence-corrected chi connectivity index (χ4v) is 1.91. The number of benzene rings is 1. The Morgan fingerprint density at radius 2 is 2.25 bits per heavy atom. The van der Waals surface area contributed by atoms with Gasteiger partial charge in [0.05, 0.1) is 19.3 Å². The van der Waals surface area contributed by atoms with Gasteiger partial charge in [0.1, 0.15) is 12.4 Å². The normalized spacial score (nSPS) is 19.4. The largest absolute Gasteiger partial charge is 0.465 e. The number of ether oxygens (including phenoxy) is 1. The Labute approximate surface area is 115 Å². The minimum atomic E-state index is -1.18. The van der Waals surface area contributed by atoms with Crippen LogP contribution < -0.4 is 5.32 Å². The highest BCUT2D eigenvalue weighted by atomic mass is 19.1. The number of hydrogen-bond acceptors (Lipinski definition) is 3. The number of nitrogens with one attached hydrogen (secondary N) is 1. The molecule has 1 aliphatic rings. The summed E-state index contributed by atoms with van der Waals surface area (Å²) in [5.74, 6) is -0.746. The Kier molecular flexibility index (Phi) is 4.52. The van der Waals surface area contributed by atoms with Crippen molar-refractivity contribution >= 4 is 12.0 Å². The van der Waals surface area contributed by atoms with Gasteiger partial charge in [-0.2, -0.15) is 0 Å². The topological polar surface area (TPSA) is 78.9 Å². The molecule has 1 saturated heterocycles. The summed E-state index contributed by atoms with van der Waals surface area (Å²) in [5.41, 5.74) is 0.393. The van der Waals surface area contributed by atoms with Gasteiger partial charge < -0.3 is 15.2 Å². The molecule has 1 heterocycles. The molecule has 1 atom stereocenters. The van der Waals surface area contributed by atoms with Crippen LogP contribution in [0.1, 0.15) is 5.56 Å². The van der Waals surface area contributed by atoms with Gasteiger partial charge in [0, 0.05) is 12.1 Å². The van der Waals surface area contributed by atoms with Gasteiger partial charge in [0.2, 0.25) is 5.91 Å². The maximum Gasteiger partial charge on any atom is 0.407 e. The molecule has 0 radical (unpaired) electrons. The number of halogens is 1. The molecule has 20 heavy (non-hydrogen) atoms. The van der Waals surface area contributed by atoms with Crippen LogP contribution in [0.15, 0.2) is 24.3 Å². The first-order valence-electron chi connectivity index (χ1n) is 6.16. The average molecular weight is 282 g/mol. The molecule has 2 amide bonds. The third-order valence-corrected chi connectivity index (χ3v) is 2.99. The van der Waals surface area contributed by atoms with Crippen LogP contribution in [-0.4, -0.2) is 47.7 Å². The van der Waals surface area contributed by atoms with Crippen molar-refractivity contribution in [3.63, 3.8) is 0 Å². The smallest absolute Gasteiger partial charge is 0.407 e. The van der Waals surface area contributed by atoms with Crippen molar-refractivity contribution in [1.82, 2.24) is 10.2 Å². The molecule has 108 valence electrons. The van der Waals surface area contributed by atoms with E-state index < -0.39 is 12.2 Å². The van der Waals surface area contributed by atoms with E-state index in [-0.39, 0.29) is 38.0 Å². The first kappa shape index (κ1) is 14.3. The van der Waals surface area contributed by atoms with Crippen LogP contribution in [0.4, 0.5) is 9.18 Å². The first-order valence-corrected chi connectivity index (χ1v) is 6.16. The summed E-state index contributed by atoms with van der Waals surface area (Å²) < 4.78 is 18.9. The lowest BCUT2D eigenvalue weighted by Crippen LogP contribution is -2.38. The van der Waals surface area contributed by atoms with Crippen molar-refractivity contribution in [3.05, 3.63) is 35.6 Å². The summed E-state index contributed by atoms with van der Waals surface area (Å²) in [7, 11) is 0. The third-order valence-electron chi connectivity index (χ3n) is 2.99. The summed E-state index contributed by atoms with van der Waals surface area (Å²) >= 11 is 0. The van der Waals surface area contributed by atoms with Crippen LogP contribution in [0.25, 0.3) is 0 Å². The van der Waals surface area contributed by atoms with E-state index in [1.54, 1.807) is 18.2 Å². The SMILES string of the molecule is O=C1CN(C(=O)O)CC(OCc2ccccc2F)CN1. The van der Waals surface area contributed by atoms with E-state index in [1.165, 1.54) is 6.07 Å². The number of rotatable bonds is 3. The summed E-state index contributed by atoms with van der Waals surface area (Å²) in [5, 5.41) is 11.5. The Hall–Kier alpha value is -2.15. The maximum absolute atomic E-state index is 13.4. The van der Waals surface area contributed by atoms with E-state index in [9.17, 15) is 14.0 Å². The van der Waals surface area contributed by atoms with Crippen LogP contribution in [0.2, 0.25) is 0 Å². The van der Waals surface area contributed by atoms with Crippen molar-refractivity contribution in [2.45, 2.75) is 12.7 Å². The van der Waals surface area contributed by atoms with Gasteiger partial charge in [-0.1, -0.05) is 18.2 Å². The van der Waals surface area contributed by atoms with Gasteiger partial charge >= 0.3 is 6.09 Å². The molecule has 0 spiro atoms. The number of hydrogen-bond donors (Lipinski definition) is 2. The lowest BCUT2D eigenvalue weighted by atomic mass is 10.2. The Morgan fingerprint density at radius 1 is 1.50 bits per heavy atom. The predicted molar refractivity (Wildman–Crippen MR) is 67.6 cm³/mol. The molecule has 1 aliphatic heterocycles. The molecule has 1 fully saturated rings. The maximum atomic E-state index is 13.4. The molecule has 2 rings (SSSR count). The summed E-state index contributed by atoms with van der Waals surface area (Å²) in [6.45, 7) is 0.0924.